The number of carbonyl (C=O) groups excluding carboxylic acids is 2. The van der Waals surface area contributed by atoms with Crippen molar-refractivity contribution >= 4 is 23.7 Å². The van der Waals surface area contributed by atoms with Crippen LogP contribution in [0.15, 0.2) is 42.5 Å². The van der Waals surface area contributed by atoms with Gasteiger partial charge < -0.3 is 14.8 Å². The number of amides is 1. The molecule has 0 spiro atoms. The van der Waals surface area contributed by atoms with Crippen LogP contribution in [0.3, 0.4) is 0 Å². The van der Waals surface area contributed by atoms with Crippen molar-refractivity contribution in [3.05, 3.63) is 74.3 Å². The summed E-state index contributed by atoms with van der Waals surface area (Å²) in [5.41, 5.74) is -1.39. The maximum absolute atomic E-state index is 13.9. The highest BCUT2D eigenvalue weighted by molar-refractivity contribution is 6.30. The smallest absolute Gasteiger partial charge is 0.408 e. The molecule has 9 heteroatoms. The minimum Gasteiger partial charge on any atom is -0.444 e. The number of rotatable bonds is 9. The zero-order chi connectivity index (χ0) is 28.1. The second-order valence-corrected chi connectivity index (χ2v) is 11.1. The molecule has 2 rings (SSSR count). The number of halogens is 1. The summed E-state index contributed by atoms with van der Waals surface area (Å²) in [6.45, 7) is 14.4. The molecule has 0 fully saturated rings. The van der Waals surface area contributed by atoms with Crippen LogP contribution in [0.2, 0.25) is 5.02 Å². The van der Waals surface area contributed by atoms with Crippen molar-refractivity contribution in [2.24, 2.45) is 0 Å². The lowest BCUT2D eigenvalue weighted by Gasteiger charge is -2.32. The summed E-state index contributed by atoms with van der Waals surface area (Å²) < 4.78 is 11.3. The largest absolute Gasteiger partial charge is 0.444 e. The Morgan fingerprint density at radius 1 is 1.00 bits per heavy atom. The second kappa shape index (κ2) is 11.9. The van der Waals surface area contributed by atoms with Gasteiger partial charge in [0.15, 0.2) is 0 Å². The van der Waals surface area contributed by atoms with E-state index in [1.54, 1.807) is 20.8 Å². The molecular formula is C28H37ClN2O6. The fraction of sp³-hybridized carbons (Fsp3) is 0.500. The molecule has 37 heavy (non-hydrogen) atoms. The molecule has 0 unspecified atom stereocenters. The summed E-state index contributed by atoms with van der Waals surface area (Å²) in [4.78, 5) is 38.8. The third-order valence-electron chi connectivity index (χ3n) is 6.07. The van der Waals surface area contributed by atoms with Crippen molar-refractivity contribution in [1.82, 2.24) is 5.32 Å². The van der Waals surface area contributed by atoms with Crippen LogP contribution in [0.5, 0.6) is 5.75 Å². The summed E-state index contributed by atoms with van der Waals surface area (Å²) in [5, 5.41) is 15.7. The normalized spacial score (nSPS) is 14.1. The molecule has 8 nitrogen and oxygen atoms in total. The summed E-state index contributed by atoms with van der Waals surface area (Å²) in [5.74, 6) is -0.768. The first-order chi connectivity index (χ1) is 17.1. The van der Waals surface area contributed by atoms with Crippen LogP contribution in [0.25, 0.3) is 0 Å². The van der Waals surface area contributed by atoms with Gasteiger partial charge in [0, 0.05) is 16.4 Å². The monoisotopic (exact) mass is 532 g/mol. The molecule has 0 aliphatic heterocycles. The number of nitrogens with zero attached hydrogens (tertiary/aromatic N) is 1. The van der Waals surface area contributed by atoms with Gasteiger partial charge in [-0.15, -0.1) is 0 Å². The molecule has 0 bridgehead atoms. The number of para-hydroxylation sites is 1. The molecule has 1 amide bonds. The molecule has 0 heterocycles. The first kappa shape index (κ1) is 30.1. The van der Waals surface area contributed by atoms with Crippen molar-refractivity contribution in [3.8, 4) is 5.75 Å². The highest BCUT2D eigenvalue weighted by Gasteiger charge is 2.59. The Kier molecular flexibility index (Phi) is 9.72. The number of ether oxygens (including phenoxy) is 2. The Balaban J connectivity index is 2.70. The van der Waals surface area contributed by atoms with Gasteiger partial charge in [0.1, 0.15) is 17.4 Å². The molecule has 0 saturated heterocycles. The second-order valence-electron chi connectivity index (χ2n) is 10.6. The van der Waals surface area contributed by atoms with Crippen molar-refractivity contribution in [2.75, 3.05) is 0 Å². The number of carbonyl (C=O) groups is 2. The first-order valence-corrected chi connectivity index (χ1v) is 12.8. The highest BCUT2D eigenvalue weighted by atomic mass is 35.5. The minimum absolute atomic E-state index is 0.0000770. The Morgan fingerprint density at radius 3 is 1.92 bits per heavy atom. The molecule has 2 atom stereocenters. The Morgan fingerprint density at radius 2 is 1.51 bits per heavy atom. The zero-order valence-corrected chi connectivity index (χ0v) is 23.5. The summed E-state index contributed by atoms with van der Waals surface area (Å²) >= 11 is 6.05. The molecule has 0 aliphatic carbocycles. The fourth-order valence-electron chi connectivity index (χ4n) is 4.12. The van der Waals surface area contributed by atoms with E-state index < -0.39 is 34.2 Å². The van der Waals surface area contributed by atoms with E-state index >= 15 is 0 Å². The lowest BCUT2D eigenvalue weighted by molar-refractivity contribution is -0.561. The number of nitro groups is 1. The number of alkyl carbamates (subject to hydrolysis) is 1. The van der Waals surface area contributed by atoms with Gasteiger partial charge in [-0.3, -0.25) is 10.1 Å². The van der Waals surface area contributed by atoms with E-state index in [2.05, 4.69) is 5.32 Å². The van der Waals surface area contributed by atoms with Crippen molar-refractivity contribution in [2.45, 2.75) is 90.8 Å². The molecular weight excluding hydrogens is 496 g/mol. The SMILES string of the molecule is CC[C@@](C(=O)Oc1c(C(C)C)cccc1C(C)C)([C@H](NC(=O)OC(C)(C)C)c1ccc(Cl)cc1)[N+](=O)[O-]. The summed E-state index contributed by atoms with van der Waals surface area (Å²) in [6.07, 6.45) is -1.16. The minimum atomic E-state index is -2.36. The summed E-state index contributed by atoms with van der Waals surface area (Å²) in [7, 11) is 0. The van der Waals surface area contributed by atoms with E-state index in [0.29, 0.717) is 16.3 Å². The van der Waals surface area contributed by atoms with Gasteiger partial charge in [-0.2, -0.15) is 0 Å². The first-order valence-electron chi connectivity index (χ1n) is 12.4. The zero-order valence-electron chi connectivity index (χ0n) is 22.8. The molecule has 2 aromatic rings. The Hall–Kier alpha value is -3.13. The summed E-state index contributed by atoms with van der Waals surface area (Å²) in [6, 6.07) is 10.3. The van der Waals surface area contributed by atoms with E-state index in [4.69, 9.17) is 21.1 Å². The van der Waals surface area contributed by atoms with Gasteiger partial charge in [0.05, 0.1) is 0 Å². The van der Waals surface area contributed by atoms with Crippen molar-refractivity contribution in [3.63, 3.8) is 0 Å². The van der Waals surface area contributed by atoms with Crippen LogP contribution >= 0.6 is 11.6 Å². The van der Waals surface area contributed by atoms with Crippen LogP contribution < -0.4 is 10.1 Å². The van der Waals surface area contributed by atoms with Crippen LogP contribution in [-0.4, -0.2) is 28.1 Å². The topological polar surface area (TPSA) is 108 Å². The van der Waals surface area contributed by atoms with Gasteiger partial charge in [-0.25, -0.2) is 9.59 Å². The average molecular weight is 533 g/mol. The van der Waals surface area contributed by atoms with E-state index in [0.717, 1.165) is 11.1 Å². The van der Waals surface area contributed by atoms with Crippen LogP contribution in [0, 0.1) is 10.1 Å². The maximum Gasteiger partial charge on any atom is 0.408 e. The van der Waals surface area contributed by atoms with Crippen molar-refractivity contribution < 1.29 is 24.0 Å². The number of nitrogens with one attached hydrogen (secondary N) is 1. The highest BCUT2D eigenvalue weighted by Crippen LogP contribution is 2.39. The lowest BCUT2D eigenvalue weighted by atomic mass is 9.83. The van der Waals surface area contributed by atoms with Gasteiger partial charge in [-0.05, 0) is 61.4 Å². The van der Waals surface area contributed by atoms with E-state index in [9.17, 15) is 19.7 Å². The standard InChI is InChI=1S/C28H37ClN2O6/c1-9-28(31(34)35,25(32)36-23-21(17(2)3)11-10-12-22(23)18(4)5)24(19-13-15-20(29)16-14-19)30-26(33)37-27(6,7)8/h10-18,24H,9H2,1-8H3,(H,30,33)/t24-,28+/m1/s1. The molecule has 0 aliphatic rings. The van der Waals surface area contributed by atoms with Gasteiger partial charge >= 0.3 is 17.6 Å². The maximum atomic E-state index is 13.9. The number of esters is 1. The molecule has 0 radical (unpaired) electrons. The molecule has 1 N–H and O–H groups in total. The predicted octanol–water partition coefficient (Wildman–Crippen LogP) is 7.18. The fourth-order valence-corrected chi connectivity index (χ4v) is 4.24. The van der Waals surface area contributed by atoms with Gasteiger partial charge in [-0.1, -0.05) is 76.6 Å². The van der Waals surface area contributed by atoms with Gasteiger partial charge in [0.2, 0.25) is 0 Å². The average Bonchev–Trinajstić information content (AvgIpc) is 2.78. The number of hydrogen-bond acceptors (Lipinski definition) is 6. The van der Waals surface area contributed by atoms with Gasteiger partial charge in [0.25, 0.3) is 0 Å². The van der Waals surface area contributed by atoms with Crippen LogP contribution in [0.4, 0.5) is 4.79 Å². The van der Waals surface area contributed by atoms with Crippen molar-refractivity contribution in [1.29, 1.82) is 0 Å². The van der Waals surface area contributed by atoms with E-state index in [1.807, 2.05) is 45.9 Å². The molecule has 2 aromatic carbocycles. The quantitative estimate of drug-likeness (QED) is 0.158. The van der Waals surface area contributed by atoms with E-state index in [-0.39, 0.29) is 18.3 Å². The Labute approximate surface area is 223 Å². The molecule has 0 saturated carbocycles. The third kappa shape index (κ3) is 7.01. The molecule has 0 aromatic heterocycles. The van der Waals surface area contributed by atoms with Crippen LogP contribution in [-0.2, 0) is 9.53 Å². The van der Waals surface area contributed by atoms with E-state index in [1.165, 1.54) is 31.2 Å². The van der Waals surface area contributed by atoms with Crippen LogP contribution in [0.1, 0.15) is 96.4 Å². The Bertz CT molecular complexity index is 1100. The molecule has 202 valence electrons. The number of hydrogen-bond donors (Lipinski definition) is 1. The number of benzene rings is 2. The third-order valence-corrected chi connectivity index (χ3v) is 6.33. The predicted molar refractivity (Wildman–Crippen MR) is 144 cm³/mol. The lowest BCUT2D eigenvalue weighted by Crippen LogP contribution is -2.58.